The molecule has 0 saturated carbocycles. The molecular formula is C21H24Cl2N6O2. The highest BCUT2D eigenvalue weighted by Crippen LogP contribution is 2.33. The number of nitrogens with two attached hydrogens (primary N) is 2. The minimum absolute atomic E-state index is 0. The molecule has 0 amide bonds. The highest BCUT2D eigenvalue weighted by atomic mass is 35.5. The first kappa shape index (κ1) is 24.0. The highest BCUT2D eigenvalue weighted by molar-refractivity contribution is 6.08. The minimum atomic E-state index is 0. The van der Waals surface area contributed by atoms with Crippen LogP contribution < -0.4 is 20.9 Å². The van der Waals surface area contributed by atoms with Gasteiger partial charge < -0.3 is 20.9 Å². The van der Waals surface area contributed by atoms with E-state index in [4.69, 9.17) is 31.5 Å². The first-order valence-electron chi connectivity index (χ1n) is 9.13. The van der Waals surface area contributed by atoms with Crippen LogP contribution in [0.15, 0.2) is 47.7 Å². The van der Waals surface area contributed by atoms with E-state index < -0.39 is 0 Å². The van der Waals surface area contributed by atoms with E-state index in [-0.39, 0.29) is 36.6 Å². The van der Waals surface area contributed by atoms with Gasteiger partial charge in [-0.05, 0) is 36.6 Å². The van der Waals surface area contributed by atoms with Gasteiger partial charge in [-0.3, -0.25) is 5.41 Å². The fourth-order valence-corrected chi connectivity index (χ4v) is 3.60. The Morgan fingerprint density at radius 2 is 1.87 bits per heavy atom. The molecule has 4 rings (SSSR count). The Bertz CT molecular complexity index is 1140. The zero-order valence-electron chi connectivity index (χ0n) is 17.1. The van der Waals surface area contributed by atoms with Crippen LogP contribution in [0, 0.1) is 5.41 Å². The van der Waals surface area contributed by atoms with Crippen LogP contribution in [0.1, 0.15) is 23.1 Å². The van der Waals surface area contributed by atoms with Gasteiger partial charge >= 0.3 is 0 Å². The molecule has 2 aromatic carbocycles. The van der Waals surface area contributed by atoms with Gasteiger partial charge in [-0.15, -0.1) is 24.8 Å². The summed E-state index contributed by atoms with van der Waals surface area (Å²) < 4.78 is 12.3. The van der Waals surface area contributed by atoms with Crippen molar-refractivity contribution in [2.24, 2.45) is 10.8 Å². The number of aromatic nitrogens is 2. The second-order valence-electron chi connectivity index (χ2n) is 6.69. The lowest BCUT2D eigenvalue weighted by molar-refractivity contribution is 0.404. The van der Waals surface area contributed by atoms with Crippen molar-refractivity contribution in [3.05, 3.63) is 59.3 Å². The fraction of sp³-hybridized carbons (Fsp3) is 0.190. The number of benzene rings is 2. The molecule has 0 unspecified atom stereocenters. The lowest BCUT2D eigenvalue weighted by Crippen LogP contribution is -2.13. The summed E-state index contributed by atoms with van der Waals surface area (Å²) in [5.74, 6) is 1.70. The van der Waals surface area contributed by atoms with E-state index in [0.717, 1.165) is 40.8 Å². The number of methoxy groups -OCH3 is 2. The average Bonchev–Trinajstić information content (AvgIpc) is 3.31. The van der Waals surface area contributed by atoms with E-state index in [0.29, 0.717) is 17.2 Å². The lowest BCUT2D eigenvalue weighted by Gasteiger charge is -2.08. The van der Waals surface area contributed by atoms with Crippen molar-refractivity contribution in [2.75, 3.05) is 20.0 Å². The van der Waals surface area contributed by atoms with Gasteiger partial charge in [0.2, 0.25) is 5.95 Å². The van der Waals surface area contributed by atoms with Gasteiger partial charge in [-0.25, -0.2) is 9.66 Å². The van der Waals surface area contributed by atoms with Gasteiger partial charge in [-0.2, -0.15) is 5.10 Å². The number of nitrogens with zero attached hydrogens (tertiary/aromatic N) is 3. The summed E-state index contributed by atoms with van der Waals surface area (Å²) in [6.07, 6.45) is 3.30. The summed E-state index contributed by atoms with van der Waals surface area (Å²) in [6, 6.07) is 11.2. The summed E-state index contributed by atoms with van der Waals surface area (Å²) in [5, 5.41) is 12.5. The predicted molar refractivity (Wildman–Crippen MR) is 127 cm³/mol. The monoisotopic (exact) mass is 462 g/mol. The van der Waals surface area contributed by atoms with Crippen LogP contribution in [0.2, 0.25) is 0 Å². The molecule has 1 aliphatic carbocycles. The number of rotatable bonds is 5. The molecule has 0 atom stereocenters. The Hall–Kier alpha value is -3.23. The number of anilines is 1. The summed E-state index contributed by atoms with van der Waals surface area (Å²) in [6.45, 7) is 0. The Balaban J connectivity index is 0.00000171. The number of hydrogen-bond donors (Lipinski definition) is 3. The van der Waals surface area contributed by atoms with Gasteiger partial charge in [0.15, 0.2) is 0 Å². The minimum Gasteiger partial charge on any atom is -0.497 e. The maximum Gasteiger partial charge on any atom is 0.221 e. The fourth-order valence-electron chi connectivity index (χ4n) is 3.60. The standard InChI is InChI=1S/C21H22N6O2.2ClH/c1-28-12-6-9-19(29-2)16(10-12)18-11-27(21(24)25-18)26-17-8-7-13-14(17)4-3-5-15(13)20(22)23;;/h3-6,9-11H,7-8H2,1-2H3,(H3,22,23)(H2,24,25);2*1H. The normalized spacial score (nSPS) is 13.2. The number of imidazole rings is 1. The van der Waals surface area contributed by atoms with E-state index in [2.05, 4.69) is 4.98 Å². The first-order valence-corrected chi connectivity index (χ1v) is 9.13. The Kier molecular flexibility index (Phi) is 7.54. The number of ether oxygens (including phenoxy) is 2. The third-order valence-electron chi connectivity index (χ3n) is 5.01. The number of fused-ring (bicyclic) bond motifs is 1. The van der Waals surface area contributed by atoms with Gasteiger partial charge in [0.05, 0.1) is 31.8 Å². The van der Waals surface area contributed by atoms with Crippen LogP contribution in [0.3, 0.4) is 0 Å². The number of hydrogen-bond acceptors (Lipinski definition) is 6. The van der Waals surface area contributed by atoms with Crippen molar-refractivity contribution in [2.45, 2.75) is 12.8 Å². The molecule has 0 aliphatic heterocycles. The second-order valence-corrected chi connectivity index (χ2v) is 6.69. The second kappa shape index (κ2) is 9.72. The Labute approximate surface area is 192 Å². The number of halogens is 2. The highest BCUT2D eigenvalue weighted by Gasteiger charge is 2.22. The molecule has 0 radical (unpaired) electrons. The zero-order chi connectivity index (χ0) is 20.5. The Morgan fingerprint density at radius 3 is 2.55 bits per heavy atom. The molecule has 3 aromatic rings. The zero-order valence-corrected chi connectivity index (χ0v) is 18.7. The number of nitrogens with one attached hydrogen (secondary N) is 1. The van der Waals surface area contributed by atoms with Crippen molar-refractivity contribution >= 4 is 42.3 Å². The summed E-state index contributed by atoms with van der Waals surface area (Å²) in [4.78, 5) is 4.45. The van der Waals surface area contributed by atoms with Gasteiger partial charge in [0.25, 0.3) is 0 Å². The maximum atomic E-state index is 7.78. The van der Waals surface area contributed by atoms with Gasteiger partial charge in [0, 0.05) is 16.7 Å². The van der Waals surface area contributed by atoms with E-state index in [1.165, 1.54) is 0 Å². The molecular weight excluding hydrogens is 439 g/mol. The van der Waals surface area contributed by atoms with E-state index in [9.17, 15) is 0 Å². The topological polar surface area (TPSA) is 125 Å². The molecule has 0 bridgehead atoms. The van der Waals surface area contributed by atoms with E-state index in [1.807, 2.05) is 36.4 Å². The molecule has 0 saturated heterocycles. The molecule has 0 fully saturated rings. The van der Waals surface area contributed by atoms with Crippen LogP contribution in [0.5, 0.6) is 11.5 Å². The largest absolute Gasteiger partial charge is 0.497 e. The molecule has 10 heteroatoms. The summed E-state index contributed by atoms with van der Waals surface area (Å²) in [7, 11) is 3.21. The molecule has 1 aliphatic rings. The van der Waals surface area contributed by atoms with E-state index in [1.54, 1.807) is 25.1 Å². The molecule has 5 N–H and O–H groups in total. The maximum absolute atomic E-state index is 7.78. The lowest BCUT2D eigenvalue weighted by atomic mass is 10.0. The molecule has 1 heterocycles. The summed E-state index contributed by atoms with van der Waals surface area (Å²) >= 11 is 0. The molecule has 31 heavy (non-hydrogen) atoms. The van der Waals surface area contributed by atoms with Crippen LogP contribution >= 0.6 is 24.8 Å². The van der Waals surface area contributed by atoms with Crippen LogP contribution in [0.4, 0.5) is 5.95 Å². The quantitative estimate of drug-likeness (QED) is 0.395. The van der Waals surface area contributed by atoms with Crippen molar-refractivity contribution in [3.8, 4) is 22.8 Å². The smallest absolute Gasteiger partial charge is 0.221 e. The van der Waals surface area contributed by atoms with Crippen LogP contribution in [-0.4, -0.2) is 35.4 Å². The summed E-state index contributed by atoms with van der Waals surface area (Å²) in [5.41, 5.74) is 16.9. The molecule has 1 aromatic heterocycles. The molecule has 8 nitrogen and oxygen atoms in total. The first-order chi connectivity index (χ1) is 14.0. The third-order valence-corrected chi connectivity index (χ3v) is 5.01. The van der Waals surface area contributed by atoms with E-state index >= 15 is 0 Å². The van der Waals surface area contributed by atoms with Gasteiger partial charge in [-0.1, -0.05) is 18.2 Å². The van der Waals surface area contributed by atoms with Crippen LogP contribution in [0.25, 0.3) is 11.3 Å². The van der Waals surface area contributed by atoms with Crippen molar-refractivity contribution in [3.63, 3.8) is 0 Å². The third kappa shape index (κ3) is 4.45. The van der Waals surface area contributed by atoms with Gasteiger partial charge in [0.1, 0.15) is 17.3 Å². The SMILES string of the molecule is COc1ccc(OC)c(-c2cn(N=C3CCc4c(C(=N)N)cccc43)c(N)n2)c1.Cl.Cl. The van der Waals surface area contributed by atoms with Crippen molar-refractivity contribution in [1.29, 1.82) is 5.41 Å². The van der Waals surface area contributed by atoms with Crippen LogP contribution in [-0.2, 0) is 6.42 Å². The molecule has 164 valence electrons. The Morgan fingerprint density at radius 1 is 1.10 bits per heavy atom. The predicted octanol–water partition coefficient (Wildman–Crippen LogP) is 3.48. The number of nitrogen functional groups attached to an aromatic ring is 2. The molecule has 0 spiro atoms. The van der Waals surface area contributed by atoms with Crippen molar-refractivity contribution < 1.29 is 9.47 Å². The average molecular weight is 463 g/mol. The number of amidine groups is 1. The van der Waals surface area contributed by atoms with Crippen molar-refractivity contribution in [1.82, 2.24) is 9.66 Å².